The highest BCUT2D eigenvalue weighted by Gasteiger charge is 2.41. The Bertz CT molecular complexity index is 712. The van der Waals surface area contributed by atoms with Crippen LogP contribution in [0.15, 0.2) is 33.4 Å². The van der Waals surface area contributed by atoms with Gasteiger partial charge in [-0.1, -0.05) is 5.16 Å². The van der Waals surface area contributed by atoms with Gasteiger partial charge in [-0.15, -0.1) is 0 Å². The molecule has 134 valence electrons. The van der Waals surface area contributed by atoms with Crippen LogP contribution in [0, 0.1) is 6.92 Å². The number of fused-ring (bicyclic) bond motifs is 1. The van der Waals surface area contributed by atoms with Crippen molar-refractivity contribution in [3.63, 3.8) is 0 Å². The molecule has 0 spiro atoms. The van der Waals surface area contributed by atoms with E-state index in [2.05, 4.69) is 15.4 Å². The summed E-state index contributed by atoms with van der Waals surface area (Å²) in [7, 11) is 0. The van der Waals surface area contributed by atoms with E-state index >= 15 is 0 Å². The summed E-state index contributed by atoms with van der Waals surface area (Å²) in [6, 6.07) is 5.98. The second-order valence-electron chi connectivity index (χ2n) is 6.79. The van der Waals surface area contributed by atoms with Gasteiger partial charge in [0, 0.05) is 25.2 Å². The number of likely N-dealkylation sites (tertiary alicyclic amines) is 1. The molecule has 3 atom stereocenters. The van der Waals surface area contributed by atoms with Gasteiger partial charge in [0.15, 0.2) is 0 Å². The minimum Gasteiger partial charge on any atom is -0.467 e. The van der Waals surface area contributed by atoms with Crippen molar-refractivity contribution in [1.82, 2.24) is 15.4 Å². The van der Waals surface area contributed by atoms with Gasteiger partial charge in [-0.3, -0.25) is 9.69 Å². The number of amides is 1. The Morgan fingerprint density at radius 1 is 1.40 bits per heavy atom. The minimum atomic E-state index is -0.370. The molecule has 0 saturated carbocycles. The lowest BCUT2D eigenvalue weighted by Crippen LogP contribution is -2.47. The zero-order valence-corrected chi connectivity index (χ0v) is 14.3. The van der Waals surface area contributed by atoms with Crippen LogP contribution in [0.2, 0.25) is 0 Å². The summed E-state index contributed by atoms with van der Waals surface area (Å²) < 4.78 is 16.5. The van der Waals surface area contributed by atoms with Gasteiger partial charge in [0.1, 0.15) is 17.6 Å². The van der Waals surface area contributed by atoms with Crippen molar-refractivity contribution in [2.45, 2.75) is 57.5 Å². The van der Waals surface area contributed by atoms with Crippen molar-refractivity contribution in [3.8, 4) is 0 Å². The van der Waals surface area contributed by atoms with Gasteiger partial charge >= 0.3 is 0 Å². The quantitative estimate of drug-likeness (QED) is 0.893. The number of aromatic nitrogens is 1. The number of ether oxygens (including phenoxy) is 1. The lowest BCUT2D eigenvalue weighted by Gasteiger charge is -2.35. The third-order valence-electron chi connectivity index (χ3n) is 5.01. The van der Waals surface area contributed by atoms with Crippen LogP contribution in [0.3, 0.4) is 0 Å². The van der Waals surface area contributed by atoms with E-state index in [0.29, 0.717) is 12.6 Å². The molecule has 2 saturated heterocycles. The Morgan fingerprint density at radius 2 is 2.32 bits per heavy atom. The van der Waals surface area contributed by atoms with Gasteiger partial charge in [0.2, 0.25) is 5.91 Å². The lowest BCUT2D eigenvalue weighted by atomic mass is 9.98. The number of nitrogens with one attached hydrogen (secondary N) is 1. The van der Waals surface area contributed by atoms with Crippen molar-refractivity contribution >= 4 is 5.91 Å². The normalized spacial score (nSPS) is 26.5. The first-order valence-corrected chi connectivity index (χ1v) is 8.81. The zero-order chi connectivity index (χ0) is 17.2. The predicted molar refractivity (Wildman–Crippen MR) is 88.5 cm³/mol. The fourth-order valence-electron chi connectivity index (χ4n) is 3.81. The molecule has 0 unspecified atom stereocenters. The highest BCUT2D eigenvalue weighted by molar-refractivity contribution is 5.80. The molecule has 4 heterocycles. The SMILES string of the molecule is Cc1cc(CN2CC[C@H]3O[C@@H](C(=O)NCc4ccco4)CC[C@H]32)no1. The van der Waals surface area contributed by atoms with Gasteiger partial charge in [-0.2, -0.15) is 0 Å². The van der Waals surface area contributed by atoms with Crippen molar-refractivity contribution in [1.29, 1.82) is 0 Å². The number of carbonyl (C=O) groups is 1. The summed E-state index contributed by atoms with van der Waals surface area (Å²) >= 11 is 0. The molecule has 1 N–H and O–H groups in total. The third-order valence-corrected chi connectivity index (χ3v) is 5.01. The number of hydrogen-bond acceptors (Lipinski definition) is 6. The first-order valence-electron chi connectivity index (χ1n) is 8.81. The Labute approximate surface area is 146 Å². The Morgan fingerprint density at radius 3 is 3.08 bits per heavy atom. The number of rotatable bonds is 5. The maximum Gasteiger partial charge on any atom is 0.249 e. The van der Waals surface area contributed by atoms with Crippen LogP contribution in [-0.2, 0) is 22.6 Å². The fourth-order valence-corrected chi connectivity index (χ4v) is 3.81. The van der Waals surface area contributed by atoms with Crippen LogP contribution < -0.4 is 5.32 Å². The molecule has 7 nitrogen and oxygen atoms in total. The Balaban J connectivity index is 1.29. The number of aryl methyl sites for hydroxylation is 1. The van der Waals surface area contributed by atoms with E-state index in [4.69, 9.17) is 13.7 Å². The predicted octanol–water partition coefficient (Wildman–Crippen LogP) is 2.01. The van der Waals surface area contributed by atoms with Crippen LogP contribution in [-0.4, -0.2) is 40.8 Å². The van der Waals surface area contributed by atoms with Crippen molar-refractivity contribution < 1.29 is 18.5 Å². The smallest absolute Gasteiger partial charge is 0.249 e. The van der Waals surface area contributed by atoms with E-state index in [9.17, 15) is 4.79 Å². The van der Waals surface area contributed by atoms with E-state index in [1.165, 1.54) is 0 Å². The summed E-state index contributed by atoms with van der Waals surface area (Å²) in [6.07, 6.45) is 3.99. The zero-order valence-electron chi connectivity index (χ0n) is 14.3. The van der Waals surface area contributed by atoms with E-state index < -0.39 is 0 Å². The molecular weight excluding hydrogens is 322 g/mol. The van der Waals surface area contributed by atoms with Crippen LogP contribution in [0.1, 0.15) is 36.5 Å². The van der Waals surface area contributed by atoms with Crippen LogP contribution in [0.5, 0.6) is 0 Å². The molecule has 25 heavy (non-hydrogen) atoms. The van der Waals surface area contributed by atoms with Gasteiger partial charge in [0.05, 0.1) is 24.6 Å². The highest BCUT2D eigenvalue weighted by atomic mass is 16.5. The molecule has 7 heteroatoms. The van der Waals surface area contributed by atoms with Crippen molar-refractivity contribution in [3.05, 3.63) is 41.7 Å². The highest BCUT2D eigenvalue weighted by Crippen LogP contribution is 2.32. The molecule has 2 fully saturated rings. The average Bonchev–Trinajstić information content (AvgIpc) is 3.35. The summed E-state index contributed by atoms with van der Waals surface area (Å²) in [4.78, 5) is 14.7. The molecule has 1 amide bonds. The molecular formula is C18H23N3O4. The second-order valence-corrected chi connectivity index (χ2v) is 6.79. The summed E-state index contributed by atoms with van der Waals surface area (Å²) in [5.41, 5.74) is 0.955. The number of carbonyl (C=O) groups excluding carboxylic acids is 1. The third kappa shape index (κ3) is 3.62. The van der Waals surface area contributed by atoms with E-state index in [1.54, 1.807) is 6.26 Å². The van der Waals surface area contributed by atoms with E-state index in [1.807, 2.05) is 25.1 Å². The maximum absolute atomic E-state index is 12.3. The Kier molecular flexibility index (Phi) is 4.59. The first kappa shape index (κ1) is 16.4. The van der Waals surface area contributed by atoms with Crippen molar-refractivity contribution in [2.75, 3.05) is 6.54 Å². The summed E-state index contributed by atoms with van der Waals surface area (Å²) in [5.74, 6) is 1.52. The molecule has 0 bridgehead atoms. The number of nitrogens with zero attached hydrogens (tertiary/aromatic N) is 2. The maximum atomic E-state index is 12.3. The summed E-state index contributed by atoms with van der Waals surface area (Å²) in [6.45, 7) is 4.04. The molecule has 2 aliphatic heterocycles. The molecule has 0 aromatic carbocycles. The average molecular weight is 345 g/mol. The molecule has 0 aliphatic carbocycles. The number of furan rings is 1. The van der Waals surface area contributed by atoms with Gasteiger partial charge in [-0.25, -0.2) is 0 Å². The van der Waals surface area contributed by atoms with Crippen LogP contribution in [0.4, 0.5) is 0 Å². The van der Waals surface area contributed by atoms with Crippen molar-refractivity contribution in [2.24, 2.45) is 0 Å². The molecule has 2 aliphatic rings. The second kappa shape index (κ2) is 7.01. The topological polar surface area (TPSA) is 80.7 Å². The summed E-state index contributed by atoms with van der Waals surface area (Å²) in [5, 5.41) is 6.97. The number of hydrogen-bond donors (Lipinski definition) is 1. The lowest BCUT2D eigenvalue weighted by molar-refractivity contribution is -0.144. The minimum absolute atomic E-state index is 0.0552. The van der Waals surface area contributed by atoms with Gasteiger partial charge in [0.25, 0.3) is 0 Å². The monoisotopic (exact) mass is 345 g/mol. The van der Waals surface area contributed by atoms with E-state index in [0.717, 1.165) is 49.6 Å². The molecule has 2 aromatic heterocycles. The van der Waals surface area contributed by atoms with Gasteiger partial charge in [-0.05, 0) is 38.3 Å². The molecule has 4 rings (SSSR count). The first-order chi connectivity index (χ1) is 12.2. The largest absolute Gasteiger partial charge is 0.467 e. The van der Waals surface area contributed by atoms with Crippen LogP contribution >= 0.6 is 0 Å². The standard InChI is InChI=1S/C18H23N3O4/c1-12-9-13(20-25-12)11-21-7-6-16-15(21)4-5-17(24-16)18(22)19-10-14-3-2-8-23-14/h2-3,8-9,15-17H,4-7,10-11H2,1H3,(H,19,22)/t15-,16-,17-/m1/s1. The molecule has 2 aromatic rings. The fraction of sp³-hybridized carbons (Fsp3) is 0.556. The van der Waals surface area contributed by atoms with E-state index in [-0.39, 0.29) is 18.1 Å². The molecule has 0 radical (unpaired) electrons. The van der Waals surface area contributed by atoms with Gasteiger partial charge < -0.3 is 19.0 Å². The Hall–Kier alpha value is -2.12. The van der Waals surface area contributed by atoms with Crippen LogP contribution in [0.25, 0.3) is 0 Å².